The highest BCUT2D eigenvalue weighted by molar-refractivity contribution is 7.99. The highest BCUT2D eigenvalue weighted by Gasteiger charge is 2.23. The van der Waals surface area contributed by atoms with Crippen molar-refractivity contribution in [1.82, 2.24) is 14.9 Å². The highest BCUT2D eigenvalue weighted by Crippen LogP contribution is 2.31. The first-order chi connectivity index (χ1) is 14.2. The van der Waals surface area contributed by atoms with Crippen LogP contribution >= 0.6 is 11.8 Å². The van der Waals surface area contributed by atoms with Crippen LogP contribution in [-0.4, -0.2) is 27.3 Å². The third kappa shape index (κ3) is 5.03. The molecular weight excluding hydrogens is 382 g/mol. The van der Waals surface area contributed by atoms with Gasteiger partial charge in [-0.15, -0.1) is 0 Å². The van der Waals surface area contributed by atoms with Crippen molar-refractivity contribution in [3.8, 4) is 0 Å². The molecule has 5 nitrogen and oxygen atoms in total. The molecule has 29 heavy (non-hydrogen) atoms. The summed E-state index contributed by atoms with van der Waals surface area (Å²) in [5.74, 6) is 0.369. The minimum Gasteiger partial charge on any atom is -0.353 e. The smallest absolute Gasteiger partial charge is 0.262 e. The third-order valence-electron chi connectivity index (χ3n) is 6.27. The molecule has 6 heteroatoms. The summed E-state index contributed by atoms with van der Waals surface area (Å²) in [7, 11) is 0. The molecule has 0 saturated heterocycles. The summed E-state index contributed by atoms with van der Waals surface area (Å²) >= 11 is 1.41. The van der Waals surface area contributed by atoms with Crippen LogP contribution in [0.25, 0.3) is 10.9 Å². The number of benzene rings is 1. The van der Waals surface area contributed by atoms with Gasteiger partial charge in [-0.05, 0) is 37.8 Å². The number of nitrogens with zero attached hydrogens (tertiary/aromatic N) is 2. The quantitative estimate of drug-likeness (QED) is 0.433. The van der Waals surface area contributed by atoms with Crippen molar-refractivity contribution >= 4 is 28.6 Å². The summed E-state index contributed by atoms with van der Waals surface area (Å²) in [5, 5.41) is 4.57. The lowest BCUT2D eigenvalue weighted by Crippen LogP contribution is -2.36. The fourth-order valence-corrected chi connectivity index (χ4v) is 5.59. The van der Waals surface area contributed by atoms with Crippen LogP contribution in [0.5, 0.6) is 0 Å². The van der Waals surface area contributed by atoms with Crippen LogP contribution in [0.1, 0.15) is 76.7 Å². The van der Waals surface area contributed by atoms with Crippen molar-refractivity contribution in [1.29, 1.82) is 0 Å². The molecule has 1 amide bonds. The number of nitrogens with one attached hydrogen (secondary N) is 1. The number of carbonyl (C=O) groups excluding carboxylic acids is 1. The number of carbonyl (C=O) groups is 1. The minimum absolute atomic E-state index is 0.0363. The van der Waals surface area contributed by atoms with Crippen molar-refractivity contribution in [2.45, 2.75) is 87.9 Å². The Kier molecular flexibility index (Phi) is 6.90. The third-order valence-corrected chi connectivity index (χ3v) is 7.22. The van der Waals surface area contributed by atoms with Gasteiger partial charge in [0.25, 0.3) is 5.56 Å². The fraction of sp³-hybridized carbons (Fsp3) is 0.609. The molecule has 0 bridgehead atoms. The van der Waals surface area contributed by atoms with E-state index in [0.717, 1.165) is 44.0 Å². The van der Waals surface area contributed by atoms with E-state index in [1.54, 1.807) is 0 Å². The molecule has 0 unspecified atom stereocenters. The zero-order valence-corrected chi connectivity index (χ0v) is 17.9. The molecule has 0 spiro atoms. The summed E-state index contributed by atoms with van der Waals surface area (Å²) in [6.45, 7) is 0. The van der Waals surface area contributed by atoms with E-state index >= 15 is 0 Å². The van der Waals surface area contributed by atoms with Crippen LogP contribution in [0, 0.1) is 0 Å². The van der Waals surface area contributed by atoms with E-state index in [2.05, 4.69) is 5.32 Å². The first-order valence-corrected chi connectivity index (χ1v) is 12.1. The molecule has 0 radical (unpaired) electrons. The summed E-state index contributed by atoms with van der Waals surface area (Å²) in [6, 6.07) is 8.04. The molecule has 4 rings (SSSR count). The monoisotopic (exact) mass is 413 g/mol. The van der Waals surface area contributed by atoms with Gasteiger partial charge in [0.1, 0.15) is 0 Å². The molecule has 1 N–H and O–H groups in total. The van der Waals surface area contributed by atoms with E-state index in [1.807, 2.05) is 28.8 Å². The number of hydrogen-bond donors (Lipinski definition) is 1. The van der Waals surface area contributed by atoms with E-state index in [4.69, 9.17) is 4.98 Å². The van der Waals surface area contributed by atoms with Crippen molar-refractivity contribution in [2.75, 3.05) is 5.75 Å². The van der Waals surface area contributed by atoms with Gasteiger partial charge >= 0.3 is 0 Å². The van der Waals surface area contributed by atoms with Gasteiger partial charge in [0.15, 0.2) is 5.16 Å². The van der Waals surface area contributed by atoms with E-state index in [-0.39, 0.29) is 17.5 Å². The molecule has 2 saturated carbocycles. The highest BCUT2D eigenvalue weighted by atomic mass is 32.2. The Labute approximate surface area is 176 Å². The SMILES string of the molecule is O=C(CSc1nc2ccccc2c(=O)n1C1CCCCC1)NC1CCCCCC1. The second-order valence-electron chi connectivity index (χ2n) is 8.42. The fourth-order valence-electron chi connectivity index (χ4n) is 4.71. The minimum atomic E-state index is 0.0363. The number of thioether (sulfide) groups is 1. The van der Waals surface area contributed by atoms with Crippen molar-refractivity contribution < 1.29 is 4.79 Å². The molecule has 156 valence electrons. The van der Waals surface area contributed by atoms with Crippen LogP contribution in [0.15, 0.2) is 34.2 Å². The van der Waals surface area contributed by atoms with Gasteiger partial charge < -0.3 is 5.32 Å². The van der Waals surface area contributed by atoms with Crippen LogP contribution < -0.4 is 10.9 Å². The Bertz CT molecular complexity index is 897. The Morgan fingerprint density at radius 3 is 2.41 bits per heavy atom. The lowest BCUT2D eigenvalue weighted by molar-refractivity contribution is -0.119. The predicted molar refractivity (Wildman–Crippen MR) is 118 cm³/mol. The van der Waals surface area contributed by atoms with E-state index < -0.39 is 0 Å². The summed E-state index contributed by atoms with van der Waals surface area (Å²) < 4.78 is 1.88. The molecule has 2 aliphatic rings. The molecule has 2 fully saturated rings. The lowest BCUT2D eigenvalue weighted by atomic mass is 9.95. The van der Waals surface area contributed by atoms with Crippen LogP contribution in [0.2, 0.25) is 0 Å². The number of rotatable bonds is 5. The van der Waals surface area contributed by atoms with Crippen LogP contribution in [-0.2, 0) is 4.79 Å². The van der Waals surface area contributed by atoms with Gasteiger partial charge in [0.2, 0.25) is 5.91 Å². The zero-order valence-electron chi connectivity index (χ0n) is 17.1. The summed E-state index contributed by atoms with van der Waals surface area (Å²) in [6.07, 6.45) is 12.7. The van der Waals surface area contributed by atoms with Crippen molar-refractivity contribution in [2.24, 2.45) is 0 Å². The zero-order chi connectivity index (χ0) is 20.1. The molecule has 0 aliphatic heterocycles. The standard InChI is InChI=1S/C23H31N3O2S/c27-21(24-17-10-4-1-2-5-11-17)16-29-23-25-20-15-9-8-14-19(20)22(28)26(23)18-12-6-3-7-13-18/h8-9,14-15,17-18H,1-7,10-13,16H2,(H,24,27). The second kappa shape index (κ2) is 9.79. The van der Waals surface area contributed by atoms with Gasteiger partial charge in [-0.2, -0.15) is 0 Å². The first kappa shape index (κ1) is 20.5. The Balaban J connectivity index is 1.53. The first-order valence-electron chi connectivity index (χ1n) is 11.2. The molecule has 2 aliphatic carbocycles. The lowest BCUT2D eigenvalue weighted by Gasteiger charge is -2.26. The topological polar surface area (TPSA) is 64.0 Å². The second-order valence-corrected chi connectivity index (χ2v) is 9.37. The summed E-state index contributed by atoms with van der Waals surface area (Å²) in [4.78, 5) is 30.6. The van der Waals surface area contributed by atoms with Gasteiger partial charge in [0.05, 0.1) is 16.7 Å². The Hall–Kier alpha value is -1.82. The Morgan fingerprint density at radius 2 is 1.66 bits per heavy atom. The molecule has 1 heterocycles. The van der Waals surface area contributed by atoms with Gasteiger partial charge in [0, 0.05) is 12.1 Å². The Morgan fingerprint density at radius 1 is 1.00 bits per heavy atom. The number of amides is 1. The largest absolute Gasteiger partial charge is 0.353 e. The number of para-hydroxylation sites is 1. The van der Waals surface area contributed by atoms with E-state index in [1.165, 1.54) is 43.9 Å². The van der Waals surface area contributed by atoms with Gasteiger partial charge in [-0.1, -0.05) is 68.8 Å². The molecular formula is C23H31N3O2S. The van der Waals surface area contributed by atoms with Crippen LogP contribution in [0.4, 0.5) is 0 Å². The maximum atomic E-state index is 13.3. The van der Waals surface area contributed by atoms with E-state index in [9.17, 15) is 9.59 Å². The average molecular weight is 414 g/mol. The maximum Gasteiger partial charge on any atom is 0.262 e. The summed E-state index contributed by atoms with van der Waals surface area (Å²) in [5.41, 5.74) is 0.755. The van der Waals surface area contributed by atoms with Crippen molar-refractivity contribution in [3.63, 3.8) is 0 Å². The number of aromatic nitrogens is 2. The van der Waals surface area contributed by atoms with E-state index in [0.29, 0.717) is 22.3 Å². The van der Waals surface area contributed by atoms with Gasteiger partial charge in [-0.3, -0.25) is 14.2 Å². The van der Waals surface area contributed by atoms with Crippen LogP contribution in [0.3, 0.4) is 0 Å². The number of fused-ring (bicyclic) bond motifs is 1. The normalized spacial score (nSPS) is 19.2. The molecule has 0 atom stereocenters. The van der Waals surface area contributed by atoms with Crippen molar-refractivity contribution in [3.05, 3.63) is 34.6 Å². The average Bonchev–Trinajstić information content (AvgIpc) is 3.01. The molecule has 1 aromatic carbocycles. The molecule has 1 aromatic heterocycles. The number of hydrogen-bond acceptors (Lipinski definition) is 4. The molecule has 2 aromatic rings. The predicted octanol–water partition coefficient (Wildman–Crippen LogP) is 4.83. The maximum absolute atomic E-state index is 13.3. The van der Waals surface area contributed by atoms with Gasteiger partial charge in [-0.25, -0.2) is 4.98 Å².